The number of H-pyrrole nitrogens is 1. The number of hydrogen-bond acceptors (Lipinski definition) is 4. The molecule has 0 aliphatic carbocycles. The molecule has 1 N–H and O–H groups in total. The lowest BCUT2D eigenvalue weighted by Gasteiger charge is -2.34. The lowest BCUT2D eigenvalue weighted by atomic mass is 9.87. The minimum Gasteiger partial charge on any atom is -0.370 e. The number of pyridine rings is 1. The van der Waals surface area contributed by atoms with Gasteiger partial charge in [-0.1, -0.05) is 13.3 Å². The first-order chi connectivity index (χ1) is 12.9. The second-order valence-corrected chi connectivity index (χ2v) is 8.22. The number of nitrogens with one attached hydrogen (secondary N) is 1. The summed E-state index contributed by atoms with van der Waals surface area (Å²) in [6, 6.07) is 2.47. The Morgan fingerprint density at radius 1 is 1.26 bits per heavy atom. The number of aryl methyl sites for hydroxylation is 1. The van der Waals surface area contributed by atoms with E-state index in [1.165, 1.54) is 11.3 Å². The zero-order chi connectivity index (χ0) is 19.6. The summed E-state index contributed by atoms with van der Waals surface area (Å²) in [5, 5.41) is 9.98. The molecule has 0 unspecified atom stereocenters. The molecule has 2 aliphatic rings. The maximum atomic E-state index is 11.6. The van der Waals surface area contributed by atoms with Crippen LogP contribution in [0.2, 0.25) is 0 Å². The van der Waals surface area contributed by atoms with E-state index in [1.54, 1.807) is 6.92 Å². The van der Waals surface area contributed by atoms with E-state index in [-0.39, 0.29) is 11.5 Å². The van der Waals surface area contributed by atoms with Gasteiger partial charge in [-0.25, -0.2) is 4.98 Å². The van der Waals surface area contributed by atoms with Gasteiger partial charge in [0.25, 0.3) is 5.82 Å². The van der Waals surface area contributed by atoms with Gasteiger partial charge in [0.1, 0.15) is 30.4 Å². The van der Waals surface area contributed by atoms with Gasteiger partial charge < -0.3 is 9.64 Å². The van der Waals surface area contributed by atoms with E-state index >= 15 is 0 Å². The second-order valence-electron chi connectivity index (χ2n) is 8.22. The molecule has 0 bridgehead atoms. The molecule has 0 spiro atoms. The summed E-state index contributed by atoms with van der Waals surface area (Å²) in [5.74, 6) is 1.04. The van der Waals surface area contributed by atoms with Crippen LogP contribution in [-0.2, 0) is 29.0 Å². The van der Waals surface area contributed by atoms with Crippen molar-refractivity contribution in [3.05, 3.63) is 22.4 Å². The summed E-state index contributed by atoms with van der Waals surface area (Å²) in [6.07, 6.45) is 3.95. The molecule has 0 atom stereocenters. The molecular formula is C21H31N4O2+. The molecule has 1 amide bonds. The number of anilines is 1. The van der Waals surface area contributed by atoms with Crippen LogP contribution in [0.1, 0.15) is 62.9 Å². The molecule has 6 heteroatoms. The number of aromatic nitrogens is 1. The number of rotatable bonds is 4. The van der Waals surface area contributed by atoms with Crippen LogP contribution in [0.3, 0.4) is 0 Å². The highest BCUT2D eigenvalue weighted by molar-refractivity contribution is 5.73. The highest BCUT2D eigenvalue weighted by Gasteiger charge is 2.36. The Hall–Kier alpha value is -2.13. The SMILES string of the molecule is CCCCc1[nH+]c(N2CCN(C(C)=O)CC2)c(C#N)c2c1COC(C)(C)C2. The molecule has 1 aromatic heterocycles. The molecule has 1 fully saturated rings. The number of hydrogen-bond donors (Lipinski definition) is 0. The number of unbranched alkanes of at least 4 members (excludes halogenated alkanes) is 1. The van der Waals surface area contributed by atoms with E-state index in [0.717, 1.165) is 55.7 Å². The molecule has 1 aromatic rings. The number of carbonyl (C=O) groups excluding carboxylic acids is 1. The zero-order valence-electron chi connectivity index (χ0n) is 17.0. The number of piperazine rings is 1. The van der Waals surface area contributed by atoms with Gasteiger partial charge in [-0.2, -0.15) is 5.26 Å². The van der Waals surface area contributed by atoms with Crippen molar-refractivity contribution in [2.75, 3.05) is 31.1 Å². The summed E-state index contributed by atoms with van der Waals surface area (Å²) >= 11 is 0. The Morgan fingerprint density at radius 3 is 2.56 bits per heavy atom. The van der Waals surface area contributed by atoms with Crippen LogP contribution >= 0.6 is 0 Å². The molecule has 0 aromatic carbocycles. The van der Waals surface area contributed by atoms with Crippen molar-refractivity contribution >= 4 is 11.7 Å². The molecular weight excluding hydrogens is 340 g/mol. The van der Waals surface area contributed by atoms with Crippen LogP contribution in [0, 0.1) is 11.3 Å². The van der Waals surface area contributed by atoms with E-state index < -0.39 is 0 Å². The fraction of sp³-hybridized carbons (Fsp3) is 0.667. The summed E-state index contributed by atoms with van der Waals surface area (Å²) in [4.78, 5) is 19.3. The Labute approximate surface area is 162 Å². The van der Waals surface area contributed by atoms with Crippen LogP contribution in [0.15, 0.2) is 0 Å². The Kier molecular flexibility index (Phi) is 5.71. The van der Waals surface area contributed by atoms with Crippen molar-refractivity contribution in [2.24, 2.45) is 0 Å². The molecule has 27 heavy (non-hydrogen) atoms. The summed E-state index contributed by atoms with van der Waals surface area (Å²) in [5.41, 5.74) is 4.00. The minimum absolute atomic E-state index is 0.118. The number of fused-ring (bicyclic) bond motifs is 1. The summed E-state index contributed by atoms with van der Waals surface area (Å²) in [7, 11) is 0. The average Bonchev–Trinajstić information content (AvgIpc) is 2.64. The predicted octanol–water partition coefficient (Wildman–Crippen LogP) is 2.23. The number of aromatic amines is 1. The van der Waals surface area contributed by atoms with Crippen molar-refractivity contribution in [2.45, 2.75) is 65.6 Å². The number of carbonyl (C=O) groups is 1. The monoisotopic (exact) mass is 371 g/mol. The lowest BCUT2D eigenvalue weighted by molar-refractivity contribution is -0.379. The van der Waals surface area contributed by atoms with Crippen molar-refractivity contribution in [1.29, 1.82) is 5.26 Å². The Balaban J connectivity index is 2.00. The van der Waals surface area contributed by atoms with Crippen LogP contribution < -0.4 is 9.88 Å². The van der Waals surface area contributed by atoms with Crippen molar-refractivity contribution in [3.8, 4) is 6.07 Å². The molecule has 0 saturated carbocycles. The van der Waals surface area contributed by atoms with Gasteiger partial charge in [0.05, 0.1) is 25.3 Å². The van der Waals surface area contributed by atoms with Crippen LogP contribution in [-0.4, -0.2) is 42.6 Å². The maximum absolute atomic E-state index is 11.6. The van der Waals surface area contributed by atoms with Crippen molar-refractivity contribution in [1.82, 2.24) is 4.90 Å². The normalized spacial score (nSPS) is 18.8. The first-order valence-corrected chi connectivity index (χ1v) is 10.0. The zero-order valence-corrected chi connectivity index (χ0v) is 17.0. The number of nitrogens with zero attached hydrogens (tertiary/aromatic N) is 3. The largest absolute Gasteiger partial charge is 0.370 e. The maximum Gasteiger partial charge on any atom is 0.293 e. The number of ether oxygens (including phenoxy) is 1. The lowest BCUT2D eigenvalue weighted by Crippen LogP contribution is -2.50. The fourth-order valence-electron chi connectivity index (χ4n) is 4.04. The predicted molar refractivity (Wildman–Crippen MR) is 103 cm³/mol. The molecule has 0 radical (unpaired) electrons. The summed E-state index contributed by atoms with van der Waals surface area (Å²) in [6.45, 7) is 11.4. The number of amides is 1. The molecule has 6 nitrogen and oxygen atoms in total. The van der Waals surface area contributed by atoms with E-state index in [0.29, 0.717) is 19.7 Å². The highest BCUT2D eigenvalue weighted by Crippen LogP contribution is 2.34. The van der Waals surface area contributed by atoms with Crippen LogP contribution in [0.5, 0.6) is 0 Å². The topological polar surface area (TPSA) is 70.7 Å². The third-order valence-corrected chi connectivity index (χ3v) is 5.68. The smallest absolute Gasteiger partial charge is 0.293 e. The Bertz CT molecular complexity index is 758. The van der Waals surface area contributed by atoms with Gasteiger partial charge >= 0.3 is 0 Å². The third-order valence-electron chi connectivity index (χ3n) is 5.68. The molecule has 3 heterocycles. The summed E-state index contributed by atoms with van der Waals surface area (Å²) < 4.78 is 6.05. The van der Waals surface area contributed by atoms with Crippen LogP contribution in [0.4, 0.5) is 5.82 Å². The minimum atomic E-state index is -0.257. The van der Waals surface area contributed by atoms with E-state index in [1.807, 2.05) is 4.90 Å². The third kappa shape index (κ3) is 4.08. The molecule has 3 rings (SSSR count). The first-order valence-electron chi connectivity index (χ1n) is 10.0. The van der Waals surface area contributed by atoms with Gasteiger partial charge in [-0.05, 0) is 25.8 Å². The van der Waals surface area contributed by atoms with Crippen molar-refractivity contribution < 1.29 is 14.5 Å². The van der Waals surface area contributed by atoms with E-state index in [9.17, 15) is 10.1 Å². The Morgan fingerprint density at radius 2 is 1.96 bits per heavy atom. The van der Waals surface area contributed by atoms with Gasteiger partial charge in [0.2, 0.25) is 5.91 Å². The van der Waals surface area contributed by atoms with Crippen LogP contribution in [0.25, 0.3) is 0 Å². The van der Waals surface area contributed by atoms with Crippen molar-refractivity contribution in [3.63, 3.8) is 0 Å². The molecule has 1 saturated heterocycles. The molecule has 2 aliphatic heterocycles. The fourth-order valence-corrected chi connectivity index (χ4v) is 4.04. The number of nitriles is 1. The quantitative estimate of drug-likeness (QED) is 0.814. The first kappa shape index (κ1) is 19.6. The van der Waals surface area contributed by atoms with Gasteiger partial charge in [-0.15, -0.1) is 0 Å². The van der Waals surface area contributed by atoms with Gasteiger partial charge in [0.15, 0.2) is 0 Å². The van der Waals surface area contributed by atoms with Gasteiger partial charge in [0, 0.05) is 25.3 Å². The standard InChI is InChI=1S/C21H30N4O2/c1-5-6-7-19-18-14-27-21(3,4)12-16(18)17(13-22)20(23-19)25-10-8-24(9-11-25)15(2)26/h5-12,14H2,1-4H3/p+1. The van der Waals surface area contributed by atoms with E-state index in [4.69, 9.17) is 4.74 Å². The van der Waals surface area contributed by atoms with Gasteiger partial charge in [-0.3, -0.25) is 9.69 Å². The van der Waals surface area contributed by atoms with E-state index in [2.05, 4.69) is 36.7 Å². The average molecular weight is 372 g/mol. The second kappa shape index (κ2) is 7.85. The molecule has 146 valence electrons. The highest BCUT2D eigenvalue weighted by atomic mass is 16.5.